The highest BCUT2D eigenvalue weighted by Gasteiger charge is 2.49. The summed E-state index contributed by atoms with van der Waals surface area (Å²) in [7, 11) is 1.66. The maximum absolute atomic E-state index is 14.2. The zero-order chi connectivity index (χ0) is 14.9. The van der Waals surface area contributed by atoms with E-state index >= 15 is 0 Å². The molecule has 0 saturated carbocycles. The molecule has 0 aromatic heterocycles. The molecule has 0 radical (unpaired) electrons. The predicted octanol–water partition coefficient (Wildman–Crippen LogP) is 2.15. The van der Waals surface area contributed by atoms with E-state index in [2.05, 4.69) is 0 Å². The summed E-state index contributed by atoms with van der Waals surface area (Å²) >= 11 is 1.37. The number of aldehydes is 1. The molecular weight excluding hydrogens is 298 g/mol. The van der Waals surface area contributed by atoms with E-state index in [1.165, 1.54) is 11.8 Å². The zero-order valence-electron chi connectivity index (χ0n) is 11.0. The first-order valence-corrected chi connectivity index (χ1v) is 7.35. The van der Waals surface area contributed by atoms with Gasteiger partial charge >= 0.3 is 0 Å². The van der Waals surface area contributed by atoms with Gasteiger partial charge in [0.2, 0.25) is 0 Å². The fourth-order valence-electron chi connectivity index (χ4n) is 3.20. The van der Waals surface area contributed by atoms with Gasteiger partial charge in [0, 0.05) is 18.3 Å². The van der Waals surface area contributed by atoms with Gasteiger partial charge in [0.05, 0.1) is 12.2 Å². The molecule has 0 bridgehead atoms. The molecule has 1 aromatic rings. The van der Waals surface area contributed by atoms with E-state index in [9.17, 15) is 18.4 Å². The second-order valence-electron chi connectivity index (χ2n) is 5.31. The van der Waals surface area contributed by atoms with E-state index in [1.807, 2.05) is 5.41 Å². The van der Waals surface area contributed by atoms with Crippen LogP contribution in [-0.2, 0) is 4.79 Å². The Morgan fingerprint density at radius 3 is 2.86 bits per heavy atom. The molecule has 4 rings (SSSR count). The summed E-state index contributed by atoms with van der Waals surface area (Å²) in [5.41, 5.74) is 1.45. The maximum Gasteiger partial charge on any atom is 0.184 e. The summed E-state index contributed by atoms with van der Waals surface area (Å²) in [6.07, 6.45) is 0.596. The molecule has 0 fully saturated rings. The molecule has 108 valence electrons. The first-order valence-electron chi connectivity index (χ1n) is 6.41. The Balaban J connectivity index is 2.08. The van der Waals surface area contributed by atoms with Crippen molar-refractivity contribution in [3.05, 3.63) is 34.4 Å². The molecule has 21 heavy (non-hydrogen) atoms. The van der Waals surface area contributed by atoms with Gasteiger partial charge in [0.1, 0.15) is 23.3 Å². The Kier molecular flexibility index (Phi) is 2.48. The quantitative estimate of drug-likeness (QED) is 0.587. The third-order valence-electron chi connectivity index (χ3n) is 4.12. The van der Waals surface area contributed by atoms with E-state index in [0.717, 1.165) is 11.8 Å². The lowest BCUT2D eigenvalue weighted by molar-refractivity contribution is -0.109. The number of ketones is 1. The summed E-state index contributed by atoms with van der Waals surface area (Å²) in [5.74, 6) is -3.33. The molecule has 1 aromatic carbocycles. The van der Waals surface area contributed by atoms with Crippen LogP contribution in [0, 0.1) is 17.6 Å². The van der Waals surface area contributed by atoms with Crippen LogP contribution in [0.1, 0.15) is 10.4 Å². The van der Waals surface area contributed by atoms with Gasteiger partial charge in [-0.05, 0) is 11.5 Å². The fourth-order valence-corrected chi connectivity index (χ4v) is 4.41. The van der Waals surface area contributed by atoms with E-state index in [0.29, 0.717) is 18.5 Å². The Morgan fingerprint density at radius 1 is 1.38 bits per heavy atom. The number of carbonyl (C=O) groups excluding carboxylic acids is 2. The Bertz CT molecular complexity index is 734. The summed E-state index contributed by atoms with van der Waals surface area (Å²) in [4.78, 5) is 27.1. The zero-order valence-corrected chi connectivity index (χ0v) is 11.8. The van der Waals surface area contributed by atoms with Gasteiger partial charge < -0.3 is 14.6 Å². The molecule has 7 heteroatoms. The number of thioether (sulfide) groups is 1. The highest BCUT2D eigenvalue weighted by atomic mass is 32.2. The minimum Gasteiger partial charge on any atom is -0.365 e. The van der Waals surface area contributed by atoms with Crippen molar-refractivity contribution < 1.29 is 18.4 Å². The van der Waals surface area contributed by atoms with Crippen LogP contribution in [0.2, 0.25) is 0 Å². The van der Waals surface area contributed by atoms with Crippen molar-refractivity contribution in [2.75, 3.05) is 23.4 Å². The van der Waals surface area contributed by atoms with Gasteiger partial charge in [0.15, 0.2) is 17.4 Å². The fraction of sp³-hybridized carbons (Fsp3) is 0.286. The number of hydrogen-bond donors (Lipinski definition) is 0. The third kappa shape index (κ3) is 1.44. The lowest BCUT2D eigenvalue weighted by atomic mass is 9.89. The molecular formula is C14H10F2N2O2S. The van der Waals surface area contributed by atoms with Gasteiger partial charge in [0.25, 0.3) is 0 Å². The average molecular weight is 308 g/mol. The van der Waals surface area contributed by atoms with Crippen molar-refractivity contribution in [3.8, 4) is 0 Å². The molecule has 3 heterocycles. The van der Waals surface area contributed by atoms with Crippen LogP contribution in [0.5, 0.6) is 0 Å². The molecule has 3 aliphatic heterocycles. The van der Waals surface area contributed by atoms with Gasteiger partial charge in [-0.3, -0.25) is 4.79 Å². The van der Waals surface area contributed by atoms with Gasteiger partial charge in [-0.25, -0.2) is 8.78 Å². The molecule has 3 aliphatic rings. The number of hydrogen-bond acceptors (Lipinski definition) is 5. The smallest absolute Gasteiger partial charge is 0.184 e. The van der Waals surface area contributed by atoms with Crippen LogP contribution in [0.25, 0.3) is 0 Å². The largest absolute Gasteiger partial charge is 0.365 e. The lowest BCUT2D eigenvalue weighted by Gasteiger charge is -2.44. The number of benzene rings is 1. The van der Waals surface area contributed by atoms with Crippen LogP contribution < -0.4 is 9.80 Å². The Hall–Kier alpha value is -1.89. The summed E-state index contributed by atoms with van der Waals surface area (Å²) < 4.78 is 28.0. The van der Waals surface area contributed by atoms with Crippen LogP contribution in [-0.4, -0.2) is 31.0 Å². The number of likely N-dealkylation sites (N-methyl/N-ethyl adjacent to an activating group) is 1. The van der Waals surface area contributed by atoms with Crippen molar-refractivity contribution in [2.24, 2.45) is 5.92 Å². The van der Waals surface area contributed by atoms with Crippen LogP contribution in [0.3, 0.4) is 0 Å². The first kappa shape index (κ1) is 12.8. The molecule has 0 saturated heterocycles. The van der Waals surface area contributed by atoms with Crippen LogP contribution in [0.15, 0.2) is 17.2 Å². The molecule has 0 amide bonds. The summed E-state index contributed by atoms with van der Waals surface area (Å²) in [5, 5.41) is 1.49. The van der Waals surface area contributed by atoms with E-state index < -0.39 is 28.7 Å². The lowest BCUT2D eigenvalue weighted by Crippen LogP contribution is -2.49. The van der Waals surface area contributed by atoms with Crippen molar-refractivity contribution in [3.63, 3.8) is 0 Å². The van der Waals surface area contributed by atoms with E-state index in [1.54, 1.807) is 16.8 Å². The predicted molar refractivity (Wildman–Crippen MR) is 75.5 cm³/mol. The van der Waals surface area contributed by atoms with Crippen LogP contribution >= 0.6 is 11.8 Å². The van der Waals surface area contributed by atoms with Crippen molar-refractivity contribution >= 4 is 35.2 Å². The SMILES string of the molecule is CN1CC2=CSC3C(C=O)C(=O)c4cc(F)c(F)c1c4N23. The molecule has 0 spiro atoms. The number of nitrogens with zero attached hydrogens (tertiary/aromatic N) is 2. The molecule has 4 nitrogen and oxygen atoms in total. The van der Waals surface area contributed by atoms with E-state index in [-0.39, 0.29) is 11.3 Å². The van der Waals surface area contributed by atoms with Crippen molar-refractivity contribution in [2.45, 2.75) is 5.37 Å². The second kappa shape index (κ2) is 4.07. The number of anilines is 2. The summed E-state index contributed by atoms with van der Waals surface area (Å²) in [6, 6.07) is 0.906. The average Bonchev–Trinajstić information content (AvgIpc) is 2.86. The third-order valence-corrected chi connectivity index (χ3v) is 5.31. The minimum atomic E-state index is -1.06. The highest BCUT2D eigenvalue weighted by molar-refractivity contribution is 8.03. The number of halogens is 2. The highest BCUT2D eigenvalue weighted by Crippen LogP contribution is 2.52. The topological polar surface area (TPSA) is 40.6 Å². The van der Waals surface area contributed by atoms with Crippen molar-refractivity contribution in [1.29, 1.82) is 0 Å². The first-order chi connectivity index (χ1) is 10.0. The molecule has 2 atom stereocenters. The van der Waals surface area contributed by atoms with Crippen molar-refractivity contribution in [1.82, 2.24) is 0 Å². The minimum absolute atomic E-state index is 0.0807. The molecule has 0 aliphatic carbocycles. The van der Waals surface area contributed by atoms with Crippen LogP contribution in [0.4, 0.5) is 20.2 Å². The van der Waals surface area contributed by atoms with Gasteiger partial charge in [-0.15, -0.1) is 11.8 Å². The number of rotatable bonds is 1. The summed E-state index contributed by atoms with van der Waals surface area (Å²) in [6.45, 7) is 0.413. The normalized spacial score (nSPS) is 25.9. The second-order valence-corrected chi connectivity index (χ2v) is 6.30. The Morgan fingerprint density at radius 2 is 2.14 bits per heavy atom. The molecule has 2 unspecified atom stereocenters. The number of carbonyl (C=O) groups is 2. The number of Topliss-reactive ketones (excluding diaryl/α,β-unsaturated/α-hetero) is 1. The van der Waals surface area contributed by atoms with E-state index in [4.69, 9.17) is 0 Å². The van der Waals surface area contributed by atoms with Gasteiger partial charge in [-0.1, -0.05) is 0 Å². The van der Waals surface area contributed by atoms with Gasteiger partial charge in [-0.2, -0.15) is 0 Å². The maximum atomic E-state index is 14.2. The monoisotopic (exact) mass is 308 g/mol. The molecule has 0 N–H and O–H groups in total. The Labute approximate surface area is 123 Å². The standard InChI is InChI=1S/C14H10F2N2O2S/c1-17-3-6-5-21-14-8(4-19)13(20)7-2-9(15)10(16)12(17)11(7)18(6)14/h2,4-5,8,14H,3H2,1H3.